The fourth-order valence-corrected chi connectivity index (χ4v) is 2.20. The van der Waals surface area contributed by atoms with Crippen molar-refractivity contribution in [3.8, 4) is 17.2 Å². The van der Waals surface area contributed by atoms with Crippen molar-refractivity contribution in [2.75, 3.05) is 7.11 Å². The molecule has 0 saturated carbocycles. The van der Waals surface area contributed by atoms with E-state index in [1.54, 1.807) is 19.5 Å². The van der Waals surface area contributed by atoms with E-state index < -0.39 is 0 Å². The Balaban J connectivity index is 2.41. The van der Waals surface area contributed by atoms with Crippen molar-refractivity contribution < 1.29 is 9.47 Å². The van der Waals surface area contributed by atoms with E-state index in [4.69, 9.17) is 9.47 Å². The molecular weight excluding hydrogens is 308 g/mol. The van der Waals surface area contributed by atoms with Crippen LogP contribution in [0.2, 0.25) is 0 Å². The Morgan fingerprint density at radius 2 is 1.79 bits per heavy atom. The maximum atomic E-state index is 5.84. The lowest BCUT2D eigenvalue weighted by molar-refractivity contribution is 0.408. The Morgan fingerprint density at radius 3 is 2.37 bits per heavy atom. The van der Waals surface area contributed by atoms with Crippen LogP contribution in [-0.2, 0) is 0 Å². The molecule has 0 aliphatic rings. The van der Waals surface area contributed by atoms with E-state index in [1.807, 2.05) is 12.1 Å². The number of methoxy groups -OCH3 is 1. The highest BCUT2D eigenvalue weighted by molar-refractivity contribution is 9.10. The number of aromatic nitrogens is 2. The van der Waals surface area contributed by atoms with Crippen LogP contribution in [0, 0.1) is 0 Å². The van der Waals surface area contributed by atoms with Crippen molar-refractivity contribution in [2.24, 2.45) is 0 Å². The molecule has 0 amide bonds. The van der Waals surface area contributed by atoms with Crippen molar-refractivity contribution in [2.45, 2.75) is 19.8 Å². The van der Waals surface area contributed by atoms with Crippen LogP contribution >= 0.6 is 15.9 Å². The summed E-state index contributed by atoms with van der Waals surface area (Å²) in [6.45, 7) is 4.22. The van der Waals surface area contributed by atoms with Gasteiger partial charge in [0, 0.05) is 5.56 Å². The molecule has 100 valence electrons. The molecule has 0 N–H and O–H groups in total. The monoisotopic (exact) mass is 322 g/mol. The molecule has 5 heteroatoms. The molecule has 2 aromatic rings. The predicted octanol–water partition coefficient (Wildman–Crippen LogP) is 4.16. The van der Waals surface area contributed by atoms with E-state index in [1.165, 1.54) is 6.33 Å². The second-order valence-corrected chi connectivity index (χ2v) is 5.21. The molecule has 0 saturated heterocycles. The van der Waals surface area contributed by atoms with Crippen molar-refractivity contribution in [1.29, 1.82) is 0 Å². The molecule has 0 radical (unpaired) electrons. The van der Waals surface area contributed by atoms with Gasteiger partial charge in [0.2, 0.25) is 0 Å². The van der Waals surface area contributed by atoms with Crippen molar-refractivity contribution in [3.05, 3.63) is 40.9 Å². The van der Waals surface area contributed by atoms with Crippen LogP contribution in [0.4, 0.5) is 0 Å². The summed E-state index contributed by atoms with van der Waals surface area (Å²) in [5.41, 5.74) is 1.07. The van der Waals surface area contributed by atoms with Gasteiger partial charge in [-0.25, -0.2) is 9.97 Å². The number of rotatable bonds is 4. The average Bonchev–Trinajstić information content (AvgIpc) is 2.39. The Morgan fingerprint density at radius 1 is 1.11 bits per heavy atom. The minimum atomic E-state index is 0.321. The normalized spacial score (nSPS) is 10.6. The summed E-state index contributed by atoms with van der Waals surface area (Å²) in [4.78, 5) is 7.88. The highest BCUT2D eigenvalue weighted by atomic mass is 79.9. The third-order valence-corrected chi connectivity index (χ3v) is 3.29. The number of ether oxygens (including phenoxy) is 2. The van der Waals surface area contributed by atoms with Crippen molar-refractivity contribution in [3.63, 3.8) is 0 Å². The second-order valence-electron chi connectivity index (χ2n) is 4.36. The Bertz CT molecular complexity index is 559. The minimum Gasteiger partial charge on any atom is -0.496 e. The highest BCUT2D eigenvalue weighted by Gasteiger charge is 2.13. The van der Waals surface area contributed by atoms with E-state index in [-0.39, 0.29) is 0 Å². The van der Waals surface area contributed by atoms with E-state index >= 15 is 0 Å². The maximum absolute atomic E-state index is 5.84. The SMILES string of the molecule is COc1cc(C(C)C)c(Oc2cncnc2)cc1Br. The Hall–Kier alpha value is -1.62. The minimum absolute atomic E-state index is 0.321. The summed E-state index contributed by atoms with van der Waals surface area (Å²) in [5.74, 6) is 2.50. The van der Waals surface area contributed by atoms with Crippen molar-refractivity contribution >= 4 is 15.9 Å². The predicted molar refractivity (Wildman–Crippen MR) is 76.9 cm³/mol. The van der Waals surface area contributed by atoms with Crippen LogP contribution in [0.25, 0.3) is 0 Å². The van der Waals surface area contributed by atoms with Gasteiger partial charge in [-0.2, -0.15) is 0 Å². The number of nitrogens with zero attached hydrogens (tertiary/aromatic N) is 2. The zero-order valence-electron chi connectivity index (χ0n) is 11.1. The van der Waals surface area contributed by atoms with Gasteiger partial charge in [-0.3, -0.25) is 0 Å². The van der Waals surface area contributed by atoms with E-state index in [0.717, 1.165) is 21.5 Å². The molecule has 0 unspecified atom stereocenters. The van der Waals surface area contributed by atoms with Crippen LogP contribution in [-0.4, -0.2) is 17.1 Å². The number of benzene rings is 1. The Kier molecular flexibility index (Phi) is 4.37. The molecule has 0 bridgehead atoms. The molecule has 0 fully saturated rings. The number of halogens is 1. The second kappa shape index (κ2) is 6.02. The van der Waals surface area contributed by atoms with Gasteiger partial charge in [0.1, 0.15) is 17.8 Å². The molecular formula is C14H15BrN2O2. The van der Waals surface area contributed by atoms with Gasteiger partial charge in [-0.05, 0) is 34.0 Å². The lowest BCUT2D eigenvalue weighted by Gasteiger charge is -2.16. The average molecular weight is 323 g/mol. The first-order valence-corrected chi connectivity index (χ1v) is 6.71. The first kappa shape index (κ1) is 13.8. The van der Waals surface area contributed by atoms with Gasteiger partial charge >= 0.3 is 0 Å². The van der Waals surface area contributed by atoms with Crippen LogP contribution in [0.3, 0.4) is 0 Å². The molecule has 1 aromatic heterocycles. The zero-order chi connectivity index (χ0) is 13.8. The van der Waals surface area contributed by atoms with E-state index in [9.17, 15) is 0 Å². The zero-order valence-corrected chi connectivity index (χ0v) is 12.6. The van der Waals surface area contributed by atoms with Gasteiger partial charge in [-0.15, -0.1) is 0 Å². The number of hydrogen-bond acceptors (Lipinski definition) is 4. The van der Waals surface area contributed by atoms with E-state index in [2.05, 4.69) is 39.7 Å². The molecule has 19 heavy (non-hydrogen) atoms. The van der Waals surface area contributed by atoms with Crippen LogP contribution in [0.15, 0.2) is 35.3 Å². The molecule has 0 aliphatic heterocycles. The first-order chi connectivity index (χ1) is 9.11. The summed E-state index contributed by atoms with van der Waals surface area (Å²) < 4.78 is 12.0. The molecule has 2 rings (SSSR count). The van der Waals surface area contributed by atoms with Gasteiger partial charge in [-0.1, -0.05) is 13.8 Å². The third-order valence-electron chi connectivity index (χ3n) is 2.67. The van der Waals surface area contributed by atoms with Gasteiger partial charge < -0.3 is 9.47 Å². The van der Waals surface area contributed by atoms with Gasteiger partial charge in [0.15, 0.2) is 5.75 Å². The fourth-order valence-electron chi connectivity index (χ4n) is 1.71. The standard InChI is InChI=1S/C14H15BrN2O2/c1-9(2)11-4-14(18-3)12(15)5-13(11)19-10-6-16-8-17-7-10/h4-9H,1-3H3. The summed E-state index contributed by atoms with van der Waals surface area (Å²) in [6.07, 6.45) is 4.74. The molecule has 1 aromatic carbocycles. The summed E-state index contributed by atoms with van der Waals surface area (Å²) in [5, 5.41) is 0. The summed E-state index contributed by atoms with van der Waals surface area (Å²) in [7, 11) is 1.65. The number of hydrogen-bond donors (Lipinski definition) is 0. The largest absolute Gasteiger partial charge is 0.496 e. The maximum Gasteiger partial charge on any atom is 0.164 e. The van der Waals surface area contributed by atoms with Crippen molar-refractivity contribution in [1.82, 2.24) is 9.97 Å². The molecule has 1 heterocycles. The summed E-state index contributed by atoms with van der Waals surface area (Å²) in [6, 6.07) is 3.88. The highest BCUT2D eigenvalue weighted by Crippen LogP contribution is 2.38. The van der Waals surface area contributed by atoms with Gasteiger partial charge in [0.25, 0.3) is 0 Å². The first-order valence-electron chi connectivity index (χ1n) is 5.92. The molecule has 0 atom stereocenters. The molecule has 0 spiro atoms. The van der Waals surface area contributed by atoms with E-state index in [0.29, 0.717) is 11.7 Å². The Labute approximate surface area is 120 Å². The van der Waals surface area contributed by atoms with Crippen LogP contribution in [0.5, 0.6) is 17.2 Å². The smallest absolute Gasteiger partial charge is 0.164 e. The quantitative estimate of drug-likeness (QED) is 0.847. The summed E-state index contributed by atoms with van der Waals surface area (Å²) >= 11 is 3.47. The fraction of sp³-hybridized carbons (Fsp3) is 0.286. The van der Waals surface area contributed by atoms with Crippen LogP contribution < -0.4 is 9.47 Å². The molecule has 0 aliphatic carbocycles. The topological polar surface area (TPSA) is 44.2 Å². The molecule has 4 nitrogen and oxygen atoms in total. The lowest BCUT2D eigenvalue weighted by Crippen LogP contribution is -1.97. The van der Waals surface area contributed by atoms with Gasteiger partial charge in [0.05, 0.1) is 24.0 Å². The van der Waals surface area contributed by atoms with Crippen LogP contribution in [0.1, 0.15) is 25.3 Å². The third kappa shape index (κ3) is 3.23. The lowest BCUT2D eigenvalue weighted by atomic mass is 10.0.